The lowest BCUT2D eigenvalue weighted by Crippen LogP contribution is -2.39. The van der Waals surface area contributed by atoms with Crippen molar-refractivity contribution in [1.82, 2.24) is 16.0 Å². The third kappa shape index (κ3) is 5.31. The number of nitrogens with one attached hydrogen (secondary N) is 3. The molecule has 1 fully saturated rings. The van der Waals surface area contributed by atoms with Gasteiger partial charge in [-0.15, -0.1) is 0 Å². The Labute approximate surface area is 190 Å². The monoisotopic (exact) mass is 451 g/mol. The summed E-state index contributed by atoms with van der Waals surface area (Å²) in [5.74, 6) is -2.34. The fourth-order valence-electron chi connectivity index (χ4n) is 4.19. The zero-order valence-electron chi connectivity index (χ0n) is 17.9. The number of hydrogen-bond acceptors (Lipinski definition) is 5. The van der Waals surface area contributed by atoms with Crippen LogP contribution in [0.2, 0.25) is 0 Å². The highest BCUT2D eigenvalue weighted by atomic mass is 16.5. The maximum Gasteiger partial charge on any atom is 0.407 e. The van der Waals surface area contributed by atoms with Crippen molar-refractivity contribution in [3.63, 3.8) is 0 Å². The molecule has 0 radical (unpaired) electrons. The summed E-state index contributed by atoms with van der Waals surface area (Å²) in [6, 6.07) is 16.2. The van der Waals surface area contributed by atoms with E-state index in [1.54, 1.807) is 0 Å². The lowest BCUT2D eigenvalue weighted by atomic mass is 9.98. The number of carbonyl (C=O) groups is 4. The van der Waals surface area contributed by atoms with E-state index in [2.05, 4.69) is 40.2 Å². The molecule has 0 aliphatic heterocycles. The van der Waals surface area contributed by atoms with Crippen LogP contribution in [0.5, 0.6) is 0 Å². The second-order valence-corrected chi connectivity index (χ2v) is 8.20. The Morgan fingerprint density at radius 2 is 1.52 bits per heavy atom. The minimum atomic E-state index is -1.16. The summed E-state index contributed by atoms with van der Waals surface area (Å²) in [5, 5.41) is 15.9. The topological polar surface area (TPSA) is 134 Å². The van der Waals surface area contributed by atoms with E-state index in [9.17, 15) is 19.2 Å². The van der Waals surface area contributed by atoms with Crippen molar-refractivity contribution in [2.24, 2.45) is 11.8 Å². The number of carbonyl (C=O) groups excluding carboxylic acids is 3. The molecule has 2 aromatic rings. The largest absolute Gasteiger partial charge is 0.480 e. The predicted octanol–water partition coefficient (Wildman–Crippen LogP) is 1.48. The minimum absolute atomic E-state index is 0.0186. The van der Waals surface area contributed by atoms with E-state index in [1.807, 2.05) is 24.3 Å². The number of benzene rings is 2. The van der Waals surface area contributed by atoms with Crippen LogP contribution in [-0.2, 0) is 19.1 Å². The average molecular weight is 451 g/mol. The van der Waals surface area contributed by atoms with Crippen LogP contribution in [0.15, 0.2) is 48.5 Å². The molecule has 0 aromatic heterocycles. The molecular weight excluding hydrogens is 426 g/mol. The second-order valence-electron chi connectivity index (χ2n) is 8.20. The van der Waals surface area contributed by atoms with Gasteiger partial charge in [-0.3, -0.25) is 14.4 Å². The van der Waals surface area contributed by atoms with E-state index >= 15 is 0 Å². The van der Waals surface area contributed by atoms with Gasteiger partial charge in [0.15, 0.2) is 0 Å². The fraction of sp³-hybridized carbons (Fsp3) is 0.333. The average Bonchev–Trinajstić information content (AvgIpc) is 3.53. The second kappa shape index (κ2) is 9.72. The van der Waals surface area contributed by atoms with Crippen LogP contribution in [0, 0.1) is 11.8 Å². The van der Waals surface area contributed by atoms with Crippen LogP contribution in [-0.4, -0.2) is 55.2 Å². The standard InChI is InChI=1S/C24H25N3O6/c28-21(25-12-22(29)30)11-26-23(31)19-9-14(19)10-27-24(32)33-13-20-17-7-3-1-5-15(17)16-6-2-4-8-18(16)20/h1-8,14,19-20H,9-13H2,(H,25,28)(H,26,31)(H,27,32)(H,29,30). The normalized spacial score (nSPS) is 17.9. The summed E-state index contributed by atoms with van der Waals surface area (Å²) >= 11 is 0. The van der Waals surface area contributed by atoms with E-state index in [1.165, 1.54) is 0 Å². The SMILES string of the molecule is O=C(O)CNC(=O)CNC(=O)C1CC1CNC(=O)OCC1c2ccccc2-c2ccccc21. The summed E-state index contributed by atoms with van der Waals surface area (Å²) < 4.78 is 5.49. The number of fused-ring (bicyclic) bond motifs is 3. The van der Waals surface area contributed by atoms with Gasteiger partial charge in [0.1, 0.15) is 13.2 Å². The first kappa shape index (κ1) is 22.3. The maximum atomic E-state index is 12.2. The molecule has 0 heterocycles. The molecule has 2 aromatic carbocycles. The summed E-state index contributed by atoms with van der Waals surface area (Å²) in [4.78, 5) is 46.2. The Bertz CT molecular complexity index is 1040. The van der Waals surface area contributed by atoms with Crippen LogP contribution in [0.4, 0.5) is 4.79 Å². The number of carboxylic acid groups (broad SMARTS) is 1. The first-order valence-electron chi connectivity index (χ1n) is 10.8. The molecule has 2 aliphatic rings. The van der Waals surface area contributed by atoms with Crippen molar-refractivity contribution in [2.75, 3.05) is 26.2 Å². The molecule has 4 rings (SSSR count). The number of aliphatic carboxylic acids is 1. The summed E-state index contributed by atoms with van der Waals surface area (Å²) in [5.41, 5.74) is 4.59. The minimum Gasteiger partial charge on any atom is -0.480 e. The van der Waals surface area contributed by atoms with Crippen LogP contribution in [0.25, 0.3) is 11.1 Å². The molecule has 2 atom stereocenters. The highest BCUT2D eigenvalue weighted by Crippen LogP contribution is 2.44. The molecule has 9 heteroatoms. The first-order chi connectivity index (χ1) is 15.9. The van der Waals surface area contributed by atoms with Crippen molar-refractivity contribution in [1.29, 1.82) is 0 Å². The van der Waals surface area contributed by atoms with Gasteiger partial charge >= 0.3 is 12.1 Å². The molecular formula is C24H25N3O6. The maximum absolute atomic E-state index is 12.2. The van der Waals surface area contributed by atoms with Crippen LogP contribution in [0.3, 0.4) is 0 Å². The lowest BCUT2D eigenvalue weighted by Gasteiger charge is -2.14. The Kier molecular flexibility index (Phi) is 6.58. The summed E-state index contributed by atoms with van der Waals surface area (Å²) in [7, 11) is 0. The van der Waals surface area contributed by atoms with Gasteiger partial charge in [-0.25, -0.2) is 4.79 Å². The number of alkyl carbamates (subject to hydrolysis) is 1. The molecule has 1 saturated carbocycles. The summed E-state index contributed by atoms with van der Waals surface area (Å²) in [6.07, 6.45) is 0.0719. The van der Waals surface area contributed by atoms with Gasteiger partial charge in [0.25, 0.3) is 0 Å². The Morgan fingerprint density at radius 3 is 2.15 bits per heavy atom. The zero-order valence-corrected chi connectivity index (χ0v) is 17.9. The van der Waals surface area contributed by atoms with Crippen molar-refractivity contribution >= 4 is 23.9 Å². The highest BCUT2D eigenvalue weighted by Gasteiger charge is 2.43. The van der Waals surface area contributed by atoms with Gasteiger partial charge < -0.3 is 25.8 Å². The molecule has 2 aliphatic carbocycles. The highest BCUT2D eigenvalue weighted by molar-refractivity contribution is 5.88. The van der Waals surface area contributed by atoms with Crippen molar-refractivity contribution in [2.45, 2.75) is 12.3 Å². The molecule has 4 N–H and O–H groups in total. The lowest BCUT2D eigenvalue weighted by molar-refractivity contribution is -0.137. The van der Waals surface area contributed by atoms with Gasteiger partial charge in [0.05, 0.1) is 6.54 Å². The van der Waals surface area contributed by atoms with E-state index in [-0.39, 0.29) is 36.8 Å². The first-order valence-corrected chi connectivity index (χ1v) is 10.8. The van der Waals surface area contributed by atoms with Gasteiger partial charge in [-0.1, -0.05) is 48.5 Å². The Hall–Kier alpha value is -3.88. The molecule has 172 valence electrons. The number of ether oxygens (including phenoxy) is 1. The molecule has 33 heavy (non-hydrogen) atoms. The zero-order chi connectivity index (χ0) is 23.4. The van der Waals surface area contributed by atoms with E-state index in [0.717, 1.165) is 22.3 Å². The Morgan fingerprint density at radius 1 is 0.879 bits per heavy atom. The third-order valence-corrected chi connectivity index (χ3v) is 5.97. The molecule has 2 unspecified atom stereocenters. The Balaban J connectivity index is 1.19. The van der Waals surface area contributed by atoms with Gasteiger partial charge in [-0.2, -0.15) is 0 Å². The smallest absolute Gasteiger partial charge is 0.407 e. The van der Waals surface area contributed by atoms with Gasteiger partial charge in [-0.05, 0) is 34.6 Å². The molecule has 3 amide bonds. The third-order valence-electron chi connectivity index (χ3n) is 5.97. The molecule has 0 spiro atoms. The van der Waals surface area contributed by atoms with Crippen LogP contribution in [0.1, 0.15) is 23.5 Å². The number of amides is 3. The van der Waals surface area contributed by atoms with Crippen LogP contribution >= 0.6 is 0 Å². The molecule has 9 nitrogen and oxygen atoms in total. The van der Waals surface area contributed by atoms with Crippen molar-refractivity contribution in [3.8, 4) is 11.1 Å². The fourth-order valence-corrected chi connectivity index (χ4v) is 4.19. The van der Waals surface area contributed by atoms with E-state index in [0.29, 0.717) is 13.0 Å². The van der Waals surface area contributed by atoms with Gasteiger partial charge in [0.2, 0.25) is 11.8 Å². The predicted molar refractivity (Wildman–Crippen MR) is 118 cm³/mol. The molecule has 0 saturated heterocycles. The summed E-state index contributed by atoms with van der Waals surface area (Å²) in [6.45, 7) is -0.250. The van der Waals surface area contributed by atoms with Crippen molar-refractivity contribution < 1.29 is 29.0 Å². The van der Waals surface area contributed by atoms with E-state index in [4.69, 9.17) is 9.84 Å². The number of carboxylic acids is 1. The van der Waals surface area contributed by atoms with Crippen LogP contribution < -0.4 is 16.0 Å². The van der Waals surface area contributed by atoms with Gasteiger partial charge in [0, 0.05) is 18.4 Å². The van der Waals surface area contributed by atoms with E-state index < -0.39 is 24.5 Å². The quantitative estimate of drug-likeness (QED) is 0.456. The number of rotatable bonds is 9. The van der Waals surface area contributed by atoms with Crippen molar-refractivity contribution in [3.05, 3.63) is 59.7 Å². The molecule has 0 bridgehead atoms. The number of hydrogen-bond donors (Lipinski definition) is 4.